The number of aliphatic hydroxyl groups is 1. The van der Waals surface area contributed by atoms with Crippen molar-refractivity contribution in [2.75, 3.05) is 27.3 Å². The van der Waals surface area contributed by atoms with Gasteiger partial charge in [0.1, 0.15) is 12.7 Å². The third-order valence-electron chi connectivity index (χ3n) is 1.94. The van der Waals surface area contributed by atoms with Crippen molar-refractivity contribution in [2.45, 2.75) is 6.10 Å². The number of para-hydroxylation sites is 2. The highest BCUT2D eigenvalue weighted by atomic mass is 16.5. The molecule has 0 aliphatic rings. The van der Waals surface area contributed by atoms with Gasteiger partial charge in [-0.3, -0.25) is 0 Å². The van der Waals surface area contributed by atoms with Gasteiger partial charge in [-0.15, -0.1) is 0 Å². The van der Waals surface area contributed by atoms with E-state index >= 15 is 0 Å². The number of benzene rings is 1. The van der Waals surface area contributed by atoms with Crippen LogP contribution in [0.4, 0.5) is 0 Å². The summed E-state index contributed by atoms with van der Waals surface area (Å²) >= 11 is 0. The Morgan fingerprint density at radius 1 is 1.33 bits per heavy atom. The molecule has 4 nitrogen and oxygen atoms in total. The predicted molar refractivity (Wildman–Crippen MR) is 58.4 cm³/mol. The lowest BCUT2D eigenvalue weighted by Gasteiger charge is -2.13. The SMILES string of the molecule is CNCC(O)COc1ccccc1OC. The van der Waals surface area contributed by atoms with E-state index in [4.69, 9.17) is 9.47 Å². The van der Waals surface area contributed by atoms with Crippen molar-refractivity contribution in [3.63, 3.8) is 0 Å². The van der Waals surface area contributed by atoms with Crippen molar-refractivity contribution in [1.29, 1.82) is 0 Å². The Morgan fingerprint density at radius 3 is 2.60 bits per heavy atom. The second-order valence-electron chi connectivity index (χ2n) is 3.17. The standard InChI is InChI=1S/C11H17NO3/c1-12-7-9(13)8-15-11-6-4-3-5-10(11)14-2/h3-6,9,12-13H,7-8H2,1-2H3. The first-order valence-corrected chi connectivity index (χ1v) is 4.86. The molecule has 1 atom stereocenters. The van der Waals surface area contributed by atoms with Crippen molar-refractivity contribution in [1.82, 2.24) is 5.32 Å². The summed E-state index contributed by atoms with van der Waals surface area (Å²) in [5, 5.41) is 12.3. The Kier molecular flexibility index (Phi) is 4.93. The molecular formula is C11H17NO3. The van der Waals surface area contributed by atoms with Gasteiger partial charge in [0, 0.05) is 6.54 Å². The van der Waals surface area contributed by atoms with Crippen molar-refractivity contribution < 1.29 is 14.6 Å². The molecular weight excluding hydrogens is 194 g/mol. The monoisotopic (exact) mass is 211 g/mol. The molecule has 0 bridgehead atoms. The molecule has 4 heteroatoms. The second-order valence-corrected chi connectivity index (χ2v) is 3.17. The molecule has 15 heavy (non-hydrogen) atoms. The van der Waals surface area contributed by atoms with E-state index in [-0.39, 0.29) is 6.61 Å². The predicted octanol–water partition coefficient (Wildman–Crippen LogP) is 0.654. The minimum absolute atomic E-state index is 0.251. The number of aliphatic hydroxyl groups excluding tert-OH is 1. The molecule has 2 N–H and O–H groups in total. The van der Waals surface area contributed by atoms with Crippen LogP contribution in [0.3, 0.4) is 0 Å². The van der Waals surface area contributed by atoms with Gasteiger partial charge in [0.25, 0.3) is 0 Å². The quantitative estimate of drug-likeness (QED) is 0.725. The average molecular weight is 211 g/mol. The maximum atomic E-state index is 9.45. The lowest BCUT2D eigenvalue weighted by molar-refractivity contribution is 0.106. The molecule has 0 saturated carbocycles. The Morgan fingerprint density at radius 2 is 2.00 bits per heavy atom. The number of ether oxygens (including phenoxy) is 2. The van der Waals surface area contributed by atoms with Gasteiger partial charge < -0.3 is 19.9 Å². The van der Waals surface area contributed by atoms with Crippen molar-refractivity contribution in [3.05, 3.63) is 24.3 Å². The Hall–Kier alpha value is -1.26. The molecule has 0 aliphatic carbocycles. The fraction of sp³-hybridized carbons (Fsp3) is 0.455. The van der Waals surface area contributed by atoms with Gasteiger partial charge in [-0.2, -0.15) is 0 Å². The summed E-state index contributed by atoms with van der Waals surface area (Å²) in [6, 6.07) is 7.36. The van der Waals surface area contributed by atoms with Gasteiger partial charge in [-0.1, -0.05) is 12.1 Å². The maximum absolute atomic E-state index is 9.45. The minimum Gasteiger partial charge on any atom is -0.493 e. The summed E-state index contributed by atoms with van der Waals surface area (Å²) in [6.45, 7) is 0.760. The van der Waals surface area contributed by atoms with Crippen molar-refractivity contribution in [2.24, 2.45) is 0 Å². The first-order valence-electron chi connectivity index (χ1n) is 4.86. The summed E-state index contributed by atoms with van der Waals surface area (Å²) in [5.41, 5.74) is 0. The van der Waals surface area contributed by atoms with E-state index in [2.05, 4.69) is 5.32 Å². The smallest absolute Gasteiger partial charge is 0.161 e. The topological polar surface area (TPSA) is 50.7 Å². The van der Waals surface area contributed by atoms with Gasteiger partial charge in [0.2, 0.25) is 0 Å². The van der Waals surface area contributed by atoms with Crippen LogP contribution in [0.15, 0.2) is 24.3 Å². The normalized spacial score (nSPS) is 12.2. The zero-order valence-corrected chi connectivity index (χ0v) is 9.06. The number of nitrogens with one attached hydrogen (secondary N) is 1. The molecule has 0 fully saturated rings. The van der Waals surface area contributed by atoms with Crippen LogP contribution in [0.25, 0.3) is 0 Å². The van der Waals surface area contributed by atoms with Crippen LogP contribution in [0.1, 0.15) is 0 Å². The van der Waals surface area contributed by atoms with Gasteiger partial charge in [0.05, 0.1) is 7.11 Å². The van der Waals surface area contributed by atoms with E-state index in [0.717, 1.165) is 0 Å². The van der Waals surface area contributed by atoms with E-state index in [0.29, 0.717) is 18.0 Å². The Bertz CT molecular complexity index is 291. The lowest BCUT2D eigenvalue weighted by Crippen LogP contribution is -2.29. The molecule has 0 spiro atoms. The van der Waals surface area contributed by atoms with Crippen LogP contribution in [0, 0.1) is 0 Å². The molecule has 0 radical (unpaired) electrons. The fourth-order valence-corrected chi connectivity index (χ4v) is 1.22. The summed E-state index contributed by atoms with van der Waals surface area (Å²) in [7, 11) is 3.37. The maximum Gasteiger partial charge on any atom is 0.161 e. The Labute approximate surface area is 89.8 Å². The molecule has 84 valence electrons. The van der Waals surface area contributed by atoms with E-state index in [1.165, 1.54) is 0 Å². The molecule has 0 amide bonds. The van der Waals surface area contributed by atoms with Crippen molar-refractivity contribution >= 4 is 0 Å². The fourth-order valence-electron chi connectivity index (χ4n) is 1.22. The first-order chi connectivity index (χ1) is 7.27. The molecule has 0 heterocycles. The molecule has 0 saturated heterocycles. The van der Waals surface area contributed by atoms with Gasteiger partial charge in [-0.05, 0) is 19.2 Å². The van der Waals surface area contributed by atoms with Crippen LogP contribution in [-0.2, 0) is 0 Å². The van der Waals surface area contributed by atoms with Crippen LogP contribution in [0.2, 0.25) is 0 Å². The van der Waals surface area contributed by atoms with E-state index in [1.54, 1.807) is 14.2 Å². The summed E-state index contributed by atoms with van der Waals surface area (Å²) < 4.78 is 10.5. The summed E-state index contributed by atoms with van der Waals surface area (Å²) in [4.78, 5) is 0. The van der Waals surface area contributed by atoms with Gasteiger partial charge in [0.15, 0.2) is 11.5 Å². The highest BCUT2D eigenvalue weighted by Gasteiger charge is 2.06. The van der Waals surface area contributed by atoms with E-state index in [9.17, 15) is 5.11 Å². The van der Waals surface area contributed by atoms with Crippen LogP contribution in [-0.4, -0.2) is 38.5 Å². The molecule has 0 aliphatic heterocycles. The molecule has 1 rings (SSSR count). The highest BCUT2D eigenvalue weighted by Crippen LogP contribution is 2.25. The van der Waals surface area contributed by atoms with Crippen molar-refractivity contribution in [3.8, 4) is 11.5 Å². The first kappa shape index (κ1) is 11.8. The molecule has 0 aromatic heterocycles. The third-order valence-corrected chi connectivity index (χ3v) is 1.94. The summed E-state index contributed by atoms with van der Waals surface area (Å²) in [5.74, 6) is 1.32. The highest BCUT2D eigenvalue weighted by molar-refractivity contribution is 5.39. The van der Waals surface area contributed by atoms with Crippen LogP contribution < -0.4 is 14.8 Å². The lowest BCUT2D eigenvalue weighted by atomic mass is 10.3. The number of hydrogen-bond acceptors (Lipinski definition) is 4. The van der Waals surface area contributed by atoms with E-state index < -0.39 is 6.10 Å². The van der Waals surface area contributed by atoms with E-state index in [1.807, 2.05) is 24.3 Å². The number of methoxy groups -OCH3 is 1. The molecule has 1 aromatic rings. The number of rotatable bonds is 6. The van der Waals surface area contributed by atoms with Gasteiger partial charge >= 0.3 is 0 Å². The molecule has 1 unspecified atom stereocenters. The van der Waals surface area contributed by atoms with Gasteiger partial charge in [-0.25, -0.2) is 0 Å². The molecule has 1 aromatic carbocycles. The number of likely N-dealkylation sites (N-methyl/N-ethyl adjacent to an activating group) is 1. The second kappa shape index (κ2) is 6.27. The third kappa shape index (κ3) is 3.77. The largest absolute Gasteiger partial charge is 0.493 e. The van der Waals surface area contributed by atoms with Crippen LogP contribution >= 0.6 is 0 Å². The Balaban J connectivity index is 2.49. The van der Waals surface area contributed by atoms with Crippen LogP contribution in [0.5, 0.6) is 11.5 Å². The zero-order valence-electron chi connectivity index (χ0n) is 9.06. The number of hydrogen-bond donors (Lipinski definition) is 2. The summed E-state index contributed by atoms with van der Waals surface area (Å²) in [6.07, 6.45) is -0.514. The zero-order chi connectivity index (χ0) is 11.1. The minimum atomic E-state index is -0.514. The average Bonchev–Trinajstić information content (AvgIpc) is 2.27.